The zero-order valence-electron chi connectivity index (χ0n) is 18.5. The van der Waals surface area contributed by atoms with Crippen LogP contribution in [0.4, 0.5) is 11.4 Å². The van der Waals surface area contributed by atoms with Crippen molar-refractivity contribution < 1.29 is 19.1 Å². The minimum atomic E-state index is -0.384. The number of carbonyl (C=O) groups is 3. The lowest BCUT2D eigenvalue weighted by molar-refractivity contribution is -0.123. The summed E-state index contributed by atoms with van der Waals surface area (Å²) in [6.45, 7) is 3.73. The summed E-state index contributed by atoms with van der Waals surface area (Å²) in [7, 11) is 1.57. The molecule has 0 aliphatic carbocycles. The summed E-state index contributed by atoms with van der Waals surface area (Å²) < 4.78 is 5.57. The number of methoxy groups -OCH3 is 1. The van der Waals surface area contributed by atoms with Crippen LogP contribution in [0.1, 0.15) is 25.8 Å². The van der Waals surface area contributed by atoms with Crippen molar-refractivity contribution in [1.29, 1.82) is 0 Å². The number of carbonyl (C=O) groups excluding carboxylic acids is 3. The molecule has 0 radical (unpaired) electrons. The van der Waals surface area contributed by atoms with Crippen LogP contribution < -0.4 is 15.0 Å². The fourth-order valence-electron chi connectivity index (χ4n) is 3.77. The van der Waals surface area contributed by atoms with E-state index in [2.05, 4.69) is 5.32 Å². The van der Waals surface area contributed by atoms with Crippen molar-refractivity contribution >= 4 is 63.0 Å². The van der Waals surface area contributed by atoms with E-state index in [-0.39, 0.29) is 30.3 Å². The van der Waals surface area contributed by atoms with Crippen molar-refractivity contribution in [2.45, 2.75) is 26.3 Å². The number of nitrogens with zero attached hydrogens (tertiary/aromatic N) is 2. The average molecular weight is 482 g/mol. The first-order valence-corrected chi connectivity index (χ1v) is 11.7. The Morgan fingerprint density at radius 1 is 1.12 bits per heavy atom. The molecule has 2 aromatic carbocycles. The fraction of sp³-hybridized carbons (Fsp3) is 0.250. The molecule has 33 heavy (non-hydrogen) atoms. The number of thiocarbonyl (C=S) groups is 1. The number of amides is 3. The number of hydrogen-bond acceptors (Lipinski definition) is 6. The highest BCUT2D eigenvalue weighted by Crippen LogP contribution is 2.45. The minimum absolute atomic E-state index is 0.0614. The molecule has 170 valence electrons. The Labute approximate surface area is 201 Å². The first-order chi connectivity index (χ1) is 15.8. The van der Waals surface area contributed by atoms with Gasteiger partial charge in [0.15, 0.2) is 0 Å². The lowest BCUT2D eigenvalue weighted by atomic mass is 10.1. The molecule has 1 N–H and O–H groups in total. The maximum atomic E-state index is 13.5. The molecule has 0 saturated carbocycles. The van der Waals surface area contributed by atoms with Gasteiger partial charge in [0, 0.05) is 17.3 Å². The molecule has 2 aromatic rings. The van der Waals surface area contributed by atoms with E-state index >= 15 is 0 Å². The summed E-state index contributed by atoms with van der Waals surface area (Å²) in [6.07, 6.45) is 0.747. The molecule has 1 saturated heterocycles. The molecule has 1 atom stereocenters. The van der Waals surface area contributed by atoms with E-state index in [0.717, 1.165) is 18.2 Å². The van der Waals surface area contributed by atoms with E-state index in [9.17, 15) is 14.4 Å². The molecule has 0 spiro atoms. The van der Waals surface area contributed by atoms with Crippen LogP contribution in [0, 0.1) is 0 Å². The lowest BCUT2D eigenvalue weighted by Gasteiger charge is -2.21. The quantitative estimate of drug-likeness (QED) is 0.495. The first kappa shape index (κ1) is 23.0. The van der Waals surface area contributed by atoms with E-state index < -0.39 is 0 Å². The maximum absolute atomic E-state index is 13.5. The standard InChI is InChI=1S/C24H23N3O4S2/c1-4-14(2)27-23(30)21(33-24(27)32)20-17-7-5-6-8-18(17)26(22(20)29)13-19(28)25-15-9-11-16(31-3)12-10-15/h5-12,14H,4,13H2,1-3H3,(H,25,28)/b21-20+. The van der Waals surface area contributed by atoms with Crippen LogP contribution in [0.5, 0.6) is 5.75 Å². The summed E-state index contributed by atoms with van der Waals surface area (Å²) in [5.41, 5.74) is 2.11. The van der Waals surface area contributed by atoms with Gasteiger partial charge in [-0.1, -0.05) is 49.1 Å². The van der Waals surface area contributed by atoms with Gasteiger partial charge in [0.25, 0.3) is 11.8 Å². The van der Waals surface area contributed by atoms with Gasteiger partial charge in [0.1, 0.15) is 16.6 Å². The van der Waals surface area contributed by atoms with Gasteiger partial charge >= 0.3 is 0 Å². The molecule has 3 amide bonds. The second-order valence-corrected chi connectivity index (χ2v) is 9.33. The number of benzene rings is 2. The predicted molar refractivity (Wildman–Crippen MR) is 134 cm³/mol. The largest absolute Gasteiger partial charge is 0.497 e. The van der Waals surface area contributed by atoms with Crippen LogP contribution in [-0.2, 0) is 14.4 Å². The molecule has 7 nitrogen and oxygen atoms in total. The number of para-hydroxylation sites is 1. The van der Waals surface area contributed by atoms with Crippen LogP contribution in [0.2, 0.25) is 0 Å². The molecule has 0 bridgehead atoms. The van der Waals surface area contributed by atoms with Crippen LogP contribution in [0.25, 0.3) is 5.57 Å². The minimum Gasteiger partial charge on any atom is -0.497 e. The molecule has 1 fully saturated rings. The fourth-order valence-corrected chi connectivity index (χ4v) is 5.30. The Morgan fingerprint density at radius 3 is 2.48 bits per heavy atom. The van der Waals surface area contributed by atoms with Crippen molar-refractivity contribution in [2.24, 2.45) is 0 Å². The van der Waals surface area contributed by atoms with E-state index in [1.165, 1.54) is 4.90 Å². The van der Waals surface area contributed by atoms with Gasteiger partial charge < -0.3 is 10.1 Å². The number of nitrogens with one attached hydrogen (secondary N) is 1. The zero-order valence-corrected chi connectivity index (χ0v) is 20.1. The monoisotopic (exact) mass is 481 g/mol. The Morgan fingerprint density at radius 2 is 1.82 bits per heavy atom. The molecule has 2 aliphatic rings. The molecule has 2 heterocycles. The van der Waals surface area contributed by atoms with Crippen molar-refractivity contribution in [2.75, 3.05) is 23.9 Å². The highest BCUT2D eigenvalue weighted by Gasteiger charge is 2.43. The molecule has 2 aliphatic heterocycles. The van der Waals surface area contributed by atoms with Gasteiger partial charge in [0.05, 0.1) is 23.3 Å². The molecular weight excluding hydrogens is 458 g/mol. The summed E-state index contributed by atoms with van der Waals surface area (Å²) in [4.78, 5) is 42.7. The number of fused-ring (bicyclic) bond motifs is 1. The van der Waals surface area contributed by atoms with Gasteiger partial charge in [-0.25, -0.2) is 0 Å². The molecule has 4 rings (SSSR count). The third-order valence-corrected chi connectivity index (χ3v) is 7.06. The van der Waals surface area contributed by atoms with Crippen molar-refractivity contribution in [3.05, 3.63) is 59.0 Å². The Bertz CT molecular complexity index is 1180. The van der Waals surface area contributed by atoms with Gasteiger partial charge in [-0.05, 0) is 43.7 Å². The van der Waals surface area contributed by atoms with Gasteiger partial charge in [-0.15, -0.1) is 0 Å². The molecular formula is C24H23N3O4S2. The summed E-state index contributed by atoms with van der Waals surface area (Å²) >= 11 is 6.58. The van der Waals surface area contributed by atoms with Crippen molar-refractivity contribution in [3.63, 3.8) is 0 Å². The van der Waals surface area contributed by atoms with Crippen molar-refractivity contribution in [3.8, 4) is 5.75 Å². The highest BCUT2D eigenvalue weighted by atomic mass is 32.2. The van der Waals surface area contributed by atoms with Crippen LogP contribution in [0.3, 0.4) is 0 Å². The number of rotatable bonds is 6. The number of anilines is 2. The number of hydrogen-bond donors (Lipinski definition) is 1. The average Bonchev–Trinajstić information content (AvgIpc) is 3.25. The SMILES string of the molecule is CCC(C)N1C(=O)/C(=C2\C(=O)N(CC(=O)Nc3ccc(OC)cc3)c3ccccc32)SC1=S. The second kappa shape index (κ2) is 9.36. The third kappa shape index (κ3) is 4.26. The number of thioether (sulfide) groups is 1. The summed E-state index contributed by atoms with van der Waals surface area (Å²) in [6, 6.07) is 14.0. The van der Waals surface area contributed by atoms with E-state index in [1.807, 2.05) is 19.9 Å². The third-order valence-electron chi connectivity index (χ3n) is 5.66. The molecule has 1 unspecified atom stereocenters. The summed E-state index contributed by atoms with van der Waals surface area (Å²) in [5, 5.41) is 2.80. The van der Waals surface area contributed by atoms with Gasteiger partial charge in [-0.2, -0.15) is 0 Å². The Balaban J connectivity index is 1.62. The van der Waals surface area contributed by atoms with Crippen LogP contribution in [-0.4, -0.2) is 46.6 Å². The van der Waals surface area contributed by atoms with Gasteiger partial charge in [0.2, 0.25) is 5.91 Å². The normalized spacial score (nSPS) is 18.6. The number of ether oxygens (including phenoxy) is 1. The second-order valence-electron chi connectivity index (χ2n) is 7.69. The maximum Gasteiger partial charge on any atom is 0.267 e. The van der Waals surface area contributed by atoms with Crippen LogP contribution in [0.15, 0.2) is 53.4 Å². The van der Waals surface area contributed by atoms with Gasteiger partial charge in [-0.3, -0.25) is 24.2 Å². The Kier molecular flexibility index (Phi) is 6.53. The lowest BCUT2D eigenvalue weighted by Crippen LogP contribution is -2.37. The molecule has 9 heteroatoms. The summed E-state index contributed by atoms with van der Waals surface area (Å²) in [5.74, 6) is -0.319. The predicted octanol–water partition coefficient (Wildman–Crippen LogP) is 4.05. The Hall–Kier alpha value is -3.17. The van der Waals surface area contributed by atoms with E-state index in [0.29, 0.717) is 37.5 Å². The highest BCUT2D eigenvalue weighted by molar-refractivity contribution is 8.26. The van der Waals surface area contributed by atoms with E-state index in [4.69, 9.17) is 17.0 Å². The first-order valence-electron chi connectivity index (χ1n) is 10.5. The smallest absolute Gasteiger partial charge is 0.267 e. The van der Waals surface area contributed by atoms with E-state index in [1.54, 1.807) is 54.5 Å². The topological polar surface area (TPSA) is 79.0 Å². The van der Waals surface area contributed by atoms with Crippen molar-refractivity contribution in [1.82, 2.24) is 4.90 Å². The van der Waals surface area contributed by atoms with Crippen LogP contribution >= 0.6 is 24.0 Å². The zero-order chi connectivity index (χ0) is 23.7. The molecule has 0 aromatic heterocycles.